The normalized spacial score (nSPS) is 14.8. The summed E-state index contributed by atoms with van der Waals surface area (Å²) in [5.41, 5.74) is 1.19. The first-order valence-electron chi connectivity index (χ1n) is 15.2. The molecule has 12 nitrogen and oxygen atoms in total. The third-order valence-corrected chi connectivity index (χ3v) is 9.56. The minimum atomic E-state index is -1.19. The number of benzene rings is 2. The Labute approximate surface area is 290 Å². The minimum Gasteiger partial charge on any atom is -0.447 e. The fourth-order valence-corrected chi connectivity index (χ4v) is 6.75. The number of morpholine rings is 1. The van der Waals surface area contributed by atoms with E-state index in [0.717, 1.165) is 47.9 Å². The van der Waals surface area contributed by atoms with E-state index in [2.05, 4.69) is 35.9 Å². The number of halogens is 2. The Morgan fingerprint density at radius 2 is 1.53 bits per heavy atom. The van der Waals surface area contributed by atoms with Gasteiger partial charge in [-0.3, -0.25) is 19.8 Å². The number of hydrogen-bond donors (Lipinski definition) is 3. The molecule has 1 saturated heterocycles. The molecule has 2 unspecified atom stereocenters. The number of esters is 1. The standard InChI is InChI=1S/C31H35Cl2N7O5S2/c32-22-7-3-5-20(17-22)24(41)19-34-30-38-36-25(46-30)9-1-2-10-26-37-39-31(47-26)35-29(43)28(21-6-4-8-23(33)18-21)45-27(42)11-12-40-13-15-44-16-14-40/h3-8,17-18,24,28,41H,1-2,9-16,19H2,(H,34,38)(H,35,39,43). The van der Waals surface area contributed by atoms with Gasteiger partial charge in [0.1, 0.15) is 10.0 Å². The van der Waals surface area contributed by atoms with Gasteiger partial charge in [-0.1, -0.05) is 70.1 Å². The molecule has 4 aromatic rings. The van der Waals surface area contributed by atoms with E-state index in [0.29, 0.717) is 58.6 Å². The third kappa shape index (κ3) is 11.2. The largest absolute Gasteiger partial charge is 0.447 e. The second-order valence-electron chi connectivity index (χ2n) is 10.8. The van der Waals surface area contributed by atoms with Crippen LogP contribution in [0.1, 0.15) is 52.6 Å². The van der Waals surface area contributed by atoms with Crippen molar-refractivity contribution in [2.75, 3.05) is 50.0 Å². The molecule has 0 radical (unpaired) electrons. The van der Waals surface area contributed by atoms with Crippen LogP contribution in [0.2, 0.25) is 10.0 Å². The Morgan fingerprint density at radius 3 is 2.21 bits per heavy atom. The van der Waals surface area contributed by atoms with Crippen LogP contribution in [0.4, 0.5) is 10.3 Å². The van der Waals surface area contributed by atoms with Gasteiger partial charge in [0.2, 0.25) is 16.4 Å². The quantitative estimate of drug-likeness (QED) is 0.102. The van der Waals surface area contributed by atoms with Gasteiger partial charge >= 0.3 is 5.97 Å². The van der Waals surface area contributed by atoms with E-state index in [1.165, 1.54) is 22.7 Å². The number of carbonyl (C=O) groups excluding carboxylic acids is 2. The number of amides is 1. The van der Waals surface area contributed by atoms with Gasteiger partial charge in [-0.2, -0.15) is 0 Å². The summed E-state index contributed by atoms with van der Waals surface area (Å²) in [4.78, 5) is 28.2. The van der Waals surface area contributed by atoms with Gasteiger partial charge in [-0.05, 0) is 42.7 Å². The Bertz CT molecular complexity index is 1620. The number of aromatic nitrogens is 4. The number of unbranched alkanes of at least 4 members (excludes halogenated alkanes) is 1. The van der Waals surface area contributed by atoms with Crippen LogP contribution in [0.25, 0.3) is 0 Å². The average molecular weight is 721 g/mol. The molecular formula is C31H35Cl2N7O5S2. The van der Waals surface area contributed by atoms with Crippen LogP contribution >= 0.6 is 45.9 Å². The summed E-state index contributed by atoms with van der Waals surface area (Å²) in [6, 6.07) is 13.8. The van der Waals surface area contributed by atoms with E-state index >= 15 is 0 Å². The van der Waals surface area contributed by atoms with Crippen molar-refractivity contribution in [1.29, 1.82) is 0 Å². The number of anilines is 2. The van der Waals surface area contributed by atoms with Crippen molar-refractivity contribution in [3.05, 3.63) is 79.7 Å². The Kier molecular flexibility index (Phi) is 13.3. The lowest BCUT2D eigenvalue weighted by molar-refractivity contribution is -0.155. The van der Waals surface area contributed by atoms with Crippen LogP contribution in [0, 0.1) is 0 Å². The Hall–Kier alpha value is -3.24. The van der Waals surface area contributed by atoms with Gasteiger partial charge in [0.25, 0.3) is 5.91 Å². The first-order valence-corrected chi connectivity index (χ1v) is 17.6. The number of nitrogens with zero attached hydrogens (tertiary/aromatic N) is 5. The number of aliphatic hydroxyl groups excluding tert-OH is 1. The number of carbonyl (C=O) groups is 2. The van der Waals surface area contributed by atoms with Crippen molar-refractivity contribution in [3.63, 3.8) is 0 Å². The van der Waals surface area contributed by atoms with Gasteiger partial charge in [-0.15, -0.1) is 20.4 Å². The average Bonchev–Trinajstić information content (AvgIpc) is 3.73. The molecule has 3 heterocycles. The van der Waals surface area contributed by atoms with E-state index in [1.807, 2.05) is 6.07 Å². The zero-order valence-electron chi connectivity index (χ0n) is 25.4. The smallest absolute Gasteiger partial charge is 0.308 e. The molecule has 2 aromatic heterocycles. The highest BCUT2D eigenvalue weighted by atomic mass is 35.5. The number of ether oxygens (including phenoxy) is 2. The Morgan fingerprint density at radius 1 is 0.915 bits per heavy atom. The lowest BCUT2D eigenvalue weighted by atomic mass is 10.1. The van der Waals surface area contributed by atoms with Gasteiger partial charge in [0.05, 0.1) is 25.7 Å². The maximum absolute atomic E-state index is 13.3. The molecule has 2 atom stereocenters. The van der Waals surface area contributed by atoms with E-state index in [1.54, 1.807) is 42.5 Å². The molecule has 5 rings (SSSR count). The summed E-state index contributed by atoms with van der Waals surface area (Å²) in [6.45, 7) is 3.59. The number of hydrogen-bond acceptors (Lipinski definition) is 13. The molecule has 47 heavy (non-hydrogen) atoms. The van der Waals surface area contributed by atoms with Crippen molar-refractivity contribution in [1.82, 2.24) is 25.3 Å². The number of aliphatic hydroxyl groups is 1. The first-order chi connectivity index (χ1) is 22.8. The molecule has 0 aliphatic carbocycles. The molecule has 0 spiro atoms. The summed E-state index contributed by atoms with van der Waals surface area (Å²) in [5, 5.41) is 36.7. The fourth-order valence-electron chi connectivity index (χ4n) is 4.78. The maximum atomic E-state index is 13.3. The highest BCUT2D eigenvalue weighted by molar-refractivity contribution is 7.15. The topological polar surface area (TPSA) is 152 Å². The predicted octanol–water partition coefficient (Wildman–Crippen LogP) is 5.35. The second-order valence-corrected chi connectivity index (χ2v) is 13.8. The van der Waals surface area contributed by atoms with Gasteiger partial charge in [0.15, 0.2) is 0 Å². The molecule has 1 fully saturated rings. The summed E-state index contributed by atoms with van der Waals surface area (Å²) >= 11 is 14.9. The summed E-state index contributed by atoms with van der Waals surface area (Å²) in [5.74, 6) is -1.02. The molecule has 3 N–H and O–H groups in total. The zero-order chi connectivity index (χ0) is 33.0. The van der Waals surface area contributed by atoms with Gasteiger partial charge in [-0.25, -0.2) is 0 Å². The molecule has 0 bridgehead atoms. The lowest BCUT2D eigenvalue weighted by Gasteiger charge is -2.26. The molecule has 1 aliphatic heterocycles. The summed E-state index contributed by atoms with van der Waals surface area (Å²) in [7, 11) is 0. The van der Waals surface area contributed by atoms with Crippen molar-refractivity contribution >= 4 is 68.0 Å². The zero-order valence-corrected chi connectivity index (χ0v) is 28.6. The highest BCUT2D eigenvalue weighted by Crippen LogP contribution is 2.26. The van der Waals surface area contributed by atoms with Crippen LogP contribution in [0.3, 0.4) is 0 Å². The summed E-state index contributed by atoms with van der Waals surface area (Å²) in [6.07, 6.45) is 1.36. The van der Waals surface area contributed by atoms with Crippen molar-refractivity contribution in [2.45, 2.75) is 44.3 Å². The van der Waals surface area contributed by atoms with Crippen LogP contribution in [-0.4, -0.2) is 81.7 Å². The van der Waals surface area contributed by atoms with Crippen molar-refractivity contribution in [2.24, 2.45) is 0 Å². The van der Waals surface area contributed by atoms with Crippen LogP contribution in [-0.2, 0) is 31.9 Å². The monoisotopic (exact) mass is 719 g/mol. The number of aryl methyl sites for hydroxylation is 2. The van der Waals surface area contributed by atoms with E-state index in [9.17, 15) is 14.7 Å². The number of rotatable bonds is 16. The lowest BCUT2D eigenvalue weighted by Crippen LogP contribution is -2.38. The van der Waals surface area contributed by atoms with E-state index in [4.69, 9.17) is 32.7 Å². The molecular weight excluding hydrogens is 685 g/mol. The first kappa shape index (κ1) is 35.1. The van der Waals surface area contributed by atoms with Gasteiger partial charge in [0, 0.05) is 54.6 Å². The van der Waals surface area contributed by atoms with Crippen LogP contribution in [0.15, 0.2) is 48.5 Å². The third-order valence-electron chi connectivity index (χ3n) is 7.25. The van der Waals surface area contributed by atoms with Gasteiger partial charge < -0.3 is 19.9 Å². The van der Waals surface area contributed by atoms with Crippen LogP contribution < -0.4 is 10.6 Å². The molecule has 16 heteroatoms. The molecule has 1 aliphatic rings. The molecule has 1 amide bonds. The van der Waals surface area contributed by atoms with Crippen LogP contribution in [0.5, 0.6) is 0 Å². The minimum absolute atomic E-state index is 0.148. The SMILES string of the molecule is O=C(CCN1CCOCC1)OC(C(=O)Nc1nnc(CCCCc2nnc(NCC(O)c3cccc(Cl)c3)s2)s1)c1cccc(Cl)c1. The molecule has 250 valence electrons. The van der Waals surface area contributed by atoms with Crippen molar-refractivity contribution < 1.29 is 24.2 Å². The van der Waals surface area contributed by atoms with E-state index < -0.39 is 24.1 Å². The maximum Gasteiger partial charge on any atom is 0.308 e. The van der Waals surface area contributed by atoms with E-state index in [-0.39, 0.29) is 6.42 Å². The summed E-state index contributed by atoms with van der Waals surface area (Å²) < 4.78 is 11.0. The molecule has 0 saturated carbocycles. The predicted molar refractivity (Wildman–Crippen MR) is 182 cm³/mol. The fraction of sp³-hybridized carbons (Fsp3) is 0.419. The number of nitrogens with one attached hydrogen (secondary N) is 2. The Balaban J connectivity index is 1.06. The second kappa shape index (κ2) is 17.8. The molecule has 2 aromatic carbocycles. The van der Waals surface area contributed by atoms with Crippen molar-refractivity contribution in [3.8, 4) is 0 Å². The highest BCUT2D eigenvalue weighted by Gasteiger charge is 2.27.